The normalized spacial score (nSPS) is 12.9. The van der Waals surface area contributed by atoms with Crippen molar-refractivity contribution in [1.29, 1.82) is 0 Å². The zero-order valence-electron chi connectivity index (χ0n) is 23.8. The third kappa shape index (κ3) is 6.72. The lowest BCUT2D eigenvalue weighted by atomic mass is 9.89. The zero-order chi connectivity index (χ0) is 32.1. The average Bonchev–Trinajstić information content (AvgIpc) is 3.05. The van der Waals surface area contributed by atoms with Crippen LogP contribution in [-0.2, 0) is 14.3 Å². The van der Waals surface area contributed by atoms with Crippen LogP contribution < -0.4 is 20.8 Å². The minimum atomic E-state index is -0.713. The molecule has 2 amide bonds. The Hall–Kier alpha value is -5.45. The molecule has 0 spiro atoms. The van der Waals surface area contributed by atoms with E-state index in [-0.39, 0.29) is 38.8 Å². The highest BCUT2D eigenvalue weighted by Gasteiger charge is 2.31. The van der Waals surface area contributed by atoms with Gasteiger partial charge in [-0.15, -0.1) is 0 Å². The lowest BCUT2D eigenvalue weighted by Crippen LogP contribution is -2.30. The van der Waals surface area contributed by atoms with Crippen molar-refractivity contribution in [2.45, 2.75) is 0 Å². The first-order chi connectivity index (χ1) is 21.7. The van der Waals surface area contributed by atoms with Crippen molar-refractivity contribution in [3.63, 3.8) is 0 Å². The van der Waals surface area contributed by atoms with Crippen molar-refractivity contribution in [3.05, 3.63) is 123 Å². The predicted octanol–water partition coefficient (Wildman–Crippen LogP) is 6.46. The Labute approximate surface area is 267 Å². The molecule has 10 nitrogen and oxygen atoms in total. The number of methoxy groups -OCH3 is 2. The summed E-state index contributed by atoms with van der Waals surface area (Å²) in [6.07, 6.45) is 1.48. The molecular weight excluding hydrogens is 619 g/mol. The summed E-state index contributed by atoms with van der Waals surface area (Å²) in [5, 5.41) is 10.4. The minimum Gasteiger partial charge on any atom is -0.495 e. The molecule has 0 heterocycles. The van der Waals surface area contributed by atoms with Crippen molar-refractivity contribution < 1.29 is 28.7 Å². The first-order valence-electron chi connectivity index (χ1n) is 13.3. The SMILES string of the molecule is COC(=O)c1ccc(C(=O)Nc2cc(Cl)ccc2Cl)cc1N/N=C1/C(=O)C(C(=O)Nc2ccccc2OC)=Cc2ccccc21. The molecule has 3 N–H and O–H groups in total. The maximum Gasteiger partial charge on any atom is 0.340 e. The summed E-state index contributed by atoms with van der Waals surface area (Å²) < 4.78 is 10.2. The van der Waals surface area contributed by atoms with Crippen molar-refractivity contribution in [1.82, 2.24) is 0 Å². The molecule has 1 aliphatic rings. The van der Waals surface area contributed by atoms with Gasteiger partial charge >= 0.3 is 5.97 Å². The van der Waals surface area contributed by atoms with Gasteiger partial charge in [-0.3, -0.25) is 19.8 Å². The molecule has 0 aromatic heterocycles. The summed E-state index contributed by atoms with van der Waals surface area (Å²) in [6, 6.07) is 22.5. The highest BCUT2D eigenvalue weighted by Crippen LogP contribution is 2.29. The summed E-state index contributed by atoms with van der Waals surface area (Å²) in [4.78, 5) is 52.7. The number of nitrogens with zero attached hydrogens (tertiary/aromatic N) is 1. The Bertz CT molecular complexity index is 1920. The van der Waals surface area contributed by atoms with Gasteiger partial charge in [0.05, 0.1) is 47.4 Å². The molecule has 0 aliphatic heterocycles. The number of Topliss-reactive ketones (excluding diaryl/α,β-unsaturated/α-hetero) is 1. The maximum atomic E-state index is 13.7. The van der Waals surface area contributed by atoms with Gasteiger partial charge < -0.3 is 20.1 Å². The molecule has 12 heteroatoms. The first-order valence-corrected chi connectivity index (χ1v) is 14.1. The molecule has 0 unspecified atom stereocenters. The van der Waals surface area contributed by atoms with Gasteiger partial charge in [-0.05, 0) is 60.2 Å². The largest absolute Gasteiger partial charge is 0.495 e. The highest BCUT2D eigenvalue weighted by atomic mass is 35.5. The lowest BCUT2D eigenvalue weighted by Gasteiger charge is -2.18. The van der Waals surface area contributed by atoms with E-state index < -0.39 is 23.6 Å². The van der Waals surface area contributed by atoms with Crippen LogP contribution in [0.25, 0.3) is 6.08 Å². The number of esters is 1. The number of carbonyl (C=O) groups is 4. The number of para-hydroxylation sites is 2. The number of hydrogen-bond acceptors (Lipinski definition) is 8. The number of benzene rings is 4. The number of nitrogens with one attached hydrogen (secondary N) is 3. The van der Waals surface area contributed by atoms with Gasteiger partial charge in [0.25, 0.3) is 11.8 Å². The third-order valence-corrected chi connectivity index (χ3v) is 7.29. The average molecular weight is 643 g/mol. The summed E-state index contributed by atoms with van der Waals surface area (Å²) in [6.45, 7) is 0. The summed E-state index contributed by atoms with van der Waals surface area (Å²) in [5.74, 6) is -2.18. The van der Waals surface area contributed by atoms with Gasteiger partial charge in [0, 0.05) is 16.1 Å². The number of carbonyl (C=O) groups excluding carboxylic acids is 4. The number of anilines is 3. The second-order valence-corrected chi connectivity index (χ2v) is 10.4. The topological polar surface area (TPSA) is 135 Å². The van der Waals surface area contributed by atoms with Gasteiger partial charge in [0.2, 0.25) is 5.78 Å². The molecule has 5 rings (SSSR count). The first kappa shape index (κ1) is 31.0. The van der Waals surface area contributed by atoms with Crippen LogP contribution >= 0.6 is 23.2 Å². The lowest BCUT2D eigenvalue weighted by molar-refractivity contribution is -0.116. The number of fused-ring (bicyclic) bond motifs is 1. The van der Waals surface area contributed by atoms with Crippen LogP contribution in [0.3, 0.4) is 0 Å². The van der Waals surface area contributed by atoms with Gasteiger partial charge in [0.15, 0.2) is 0 Å². The molecule has 226 valence electrons. The number of ketones is 1. The molecular formula is C33H24Cl2N4O6. The Balaban J connectivity index is 1.48. The zero-order valence-corrected chi connectivity index (χ0v) is 25.3. The van der Waals surface area contributed by atoms with Crippen LogP contribution in [0.15, 0.2) is 95.6 Å². The van der Waals surface area contributed by atoms with Crippen LogP contribution in [0, 0.1) is 0 Å². The molecule has 0 atom stereocenters. The Kier molecular flexibility index (Phi) is 9.27. The summed E-state index contributed by atoms with van der Waals surface area (Å²) in [5.41, 5.74) is 4.42. The molecule has 4 aromatic rings. The molecule has 0 saturated heterocycles. The van der Waals surface area contributed by atoms with E-state index in [0.717, 1.165) is 0 Å². The maximum absolute atomic E-state index is 13.7. The third-order valence-electron chi connectivity index (χ3n) is 6.73. The molecule has 0 radical (unpaired) electrons. The second kappa shape index (κ2) is 13.5. The van der Waals surface area contributed by atoms with E-state index in [1.54, 1.807) is 60.7 Å². The summed E-state index contributed by atoms with van der Waals surface area (Å²) >= 11 is 12.2. The van der Waals surface area contributed by atoms with Crippen molar-refractivity contribution in [3.8, 4) is 5.75 Å². The Morgan fingerprint density at radius 3 is 2.29 bits per heavy atom. The van der Waals surface area contributed by atoms with Crippen LogP contribution in [-0.4, -0.2) is 43.5 Å². The van der Waals surface area contributed by atoms with Gasteiger partial charge in [-0.2, -0.15) is 5.10 Å². The van der Waals surface area contributed by atoms with E-state index in [1.807, 2.05) is 0 Å². The summed E-state index contributed by atoms with van der Waals surface area (Å²) in [7, 11) is 2.68. The van der Waals surface area contributed by atoms with Gasteiger partial charge in [-0.25, -0.2) is 4.79 Å². The molecule has 0 fully saturated rings. The van der Waals surface area contributed by atoms with Crippen LogP contribution in [0.1, 0.15) is 31.8 Å². The monoisotopic (exact) mass is 642 g/mol. The molecule has 1 aliphatic carbocycles. The van der Waals surface area contributed by atoms with E-state index in [1.165, 1.54) is 44.6 Å². The Morgan fingerprint density at radius 2 is 1.51 bits per heavy atom. The second-order valence-electron chi connectivity index (χ2n) is 9.53. The molecule has 0 saturated carbocycles. The number of rotatable bonds is 8. The number of ether oxygens (including phenoxy) is 2. The number of amides is 2. The van der Waals surface area contributed by atoms with Crippen LogP contribution in [0.5, 0.6) is 5.75 Å². The number of hydrazone groups is 1. The molecule has 45 heavy (non-hydrogen) atoms. The number of hydrogen-bond donors (Lipinski definition) is 3. The van der Waals surface area contributed by atoms with E-state index in [2.05, 4.69) is 21.2 Å². The van der Waals surface area contributed by atoms with Crippen LogP contribution in [0.4, 0.5) is 17.1 Å². The smallest absolute Gasteiger partial charge is 0.340 e. The van der Waals surface area contributed by atoms with Crippen molar-refractivity contribution in [2.24, 2.45) is 5.10 Å². The fourth-order valence-corrected chi connectivity index (χ4v) is 4.83. The van der Waals surface area contributed by atoms with Gasteiger partial charge in [-0.1, -0.05) is 59.6 Å². The van der Waals surface area contributed by atoms with E-state index >= 15 is 0 Å². The number of halogens is 2. The highest BCUT2D eigenvalue weighted by molar-refractivity contribution is 6.59. The Morgan fingerprint density at radius 1 is 0.778 bits per heavy atom. The van der Waals surface area contributed by atoms with Crippen molar-refractivity contribution in [2.75, 3.05) is 30.3 Å². The minimum absolute atomic E-state index is 0.0420. The molecule has 0 bridgehead atoms. The van der Waals surface area contributed by atoms with Crippen molar-refractivity contribution >= 4 is 75.6 Å². The van der Waals surface area contributed by atoms with E-state index in [4.69, 9.17) is 32.7 Å². The van der Waals surface area contributed by atoms with Crippen LogP contribution in [0.2, 0.25) is 10.0 Å². The van der Waals surface area contributed by atoms with E-state index in [9.17, 15) is 19.2 Å². The quantitative estimate of drug-likeness (QED) is 0.114. The standard InChI is InChI=1S/C33H24Cl2N4O6/c1-44-28-10-6-5-9-25(28)36-32(42)23-15-18-7-3-4-8-21(18)29(30(23)40)39-38-26-16-19(11-13-22(26)33(43)45-2)31(41)37-27-17-20(34)12-14-24(27)35/h3-17,38H,1-2H3,(H,36,42)(H,37,41)/b39-29+. The molecule has 4 aromatic carbocycles. The predicted molar refractivity (Wildman–Crippen MR) is 173 cm³/mol. The van der Waals surface area contributed by atoms with Gasteiger partial charge in [0.1, 0.15) is 11.5 Å². The fourth-order valence-electron chi connectivity index (χ4n) is 4.50. The van der Waals surface area contributed by atoms with E-state index in [0.29, 0.717) is 27.6 Å². The fraction of sp³-hybridized carbons (Fsp3) is 0.0606.